The van der Waals surface area contributed by atoms with Crippen LogP contribution in [0.2, 0.25) is 0 Å². The lowest BCUT2D eigenvalue weighted by atomic mass is 10.1. The lowest BCUT2D eigenvalue weighted by Gasteiger charge is -2.15. The first-order chi connectivity index (χ1) is 11.5. The number of amides is 1. The third kappa shape index (κ3) is 3.66. The Morgan fingerprint density at radius 1 is 1.50 bits per heavy atom. The number of aromatic amines is 1. The largest absolute Gasteiger partial charge is 0.349 e. The van der Waals surface area contributed by atoms with Crippen molar-refractivity contribution in [1.82, 2.24) is 20.1 Å². The van der Waals surface area contributed by atoms with Gasteiger partial charge in [0.1, 0.15) is 11.6 Å². The second-order valence-corrected chi connectivity index (χ2v) is 6.60. The first-order valence-corrected chi connectivity index (χ1v) is 8.48. The van der Waals surface area contributed by atoms with E-state index in [0.717, 1.165) is 36.7 Å². The van der Waals surface area contributed by atoms with Gasteiger partial charge in [0.05, 0.1) is 11.8 Å². The summed E-state index contributed by atoms with van der Waals surface area (Å²) in [5, 5.41) is 9.42. The van der Waals surface area contributed by atoms with E-state index in [-0.39, 0.29) is 29.0 Å². The summed E-state index contributed by atoms with van der Waals surface area (Å²) in [6, 6.07) is 2.80. The zero-order chi connectivity index (χ0) is 17.3. The molecule has 0 radical (unpaired) electrons. The van der Waals surface area contributed by atoms with Gasteiger partial charge in [-0.15, -0.1) is 5.10 Å². The molecule has 1 aromatic carbocycles. The number of benzene rings is 1. The summed E-state index contributed by atoms with van der Waals surface area (Å²) < 4.78 is 28.2. The summed E-state index contributed by atoms with van der Waals surface area (Å²) in [4.78, 5) is 23.7. The fourth-order valence-corrected chi connectivity index (χ4v) is 3.22. The second-order valence-electron chi connectivity index (χ2n) is 5.66. The number of hydrogen-bond donors (Lipinski definition) is 2. The molecule has 1 heterocycles. The first kappa shape index (κ1) is 16.7. The molecule has 0 aliphatic heterocycles. The fourth-order valence-electron chi connectivity index (χ4n) is 2.39. The van der Waals surface area contributed by atoms with Gasteiger partial charge < -0.3 is 5.32 Å². The van der Waals surface area contributed by atoms with Gasteiger partial charge in [0.2, 0.25) is 5.91 Å². The number of carbonyl (C=O) groups is 1. The second kappa shape index (κ2) is 6.76. The van der Waals surface area contributed by atoms with Crippen molar-refractivity contribution in [2.75, 3.05) is 5.75 Å². The molecule has 6 nitrogen and oxygen atoms in total. The van der Waals surface area contributed by atoms with Crippen LogP contribution in [0.3, 0.4) is 0 Å². The molecule has 3 rings (SSSR count). The van der Waals surface area contributed by atoms with Crippen molar-refractivity contribution in [2.45, 2.75) is 37.0 Å². The Labute approximate surface area is 140 Å². The van der Waals surface area contributed by atoms with Gasteiger partial charge in [-0.3, -0.25) is 9.36 Å². The monoisotopic (exact) mass is 354 g/mol. The van der Waals surface area contributed by atoms with Gasteiger partial charge in [-0.25, -0.2) is 18.7 Å². The zero-order valence-corrected chi connectivity index (χ0v) is 13.7. The molecular formula is C15H16F2N4O2S. The molecule has 1 aliphatic carbocycles. The Morgan fingerprint density at radius 3 is 2.92 bits per heavy atom. The number of hydrogen-bond acceptors (Lipinski definition) is 4. The summed E-state index contributed by atoms with van der Waals surface area (Å²) in [5.74, 6) is -1.65. The molecule has 0 bridgehead atoms. The fraction of sp³-hybridized carbons (Fsp3) is 0.400. The van der Waals surface area contributed by atoms with Crippen molar-refractivity contribution in [2.24, 2.45) is 0 Å². The average Bonchev–Trinajstić information content (AvgIpc) is 3.28. The molecule has 1 unspecified atom stereocenters. The van der Waals surface area contributed by atoms with E-state index in [9.17, 15) is 18.4 Å². The standard InChI is InChI=1S/C15H16F2N4O2S/c1-8(11-5-2-9(16)6-12(11)17)18-13(22)7-24-15-20-19-14(23)21(15)10-3-4-10/h2,5-6,8,10H,3-4,7H2,1H3,(H,18,22)(H,19,23). The van der Waals surface area contributed by atoms with Crippen molar-refractivity contribution in [3.63, 3.8) is 0 Å². The molecule has 2 N–H and O–H groups in total. The predicted octanol–water partition coefficient (Wildman–Crippen LogP) is 2.15. The maximum absolute atomic E-state index is 13.7. The van der Waals surface area contributed by atoms with Gasteiger partial charge >= 0.3 is 5.69 Å². The topological polar surface area (TPSA) is 79.8 Å². The highest BCUT2D eigenvalue weighted by Gasteiger charge is 2.28. The van der Waals surface area contributed by atoms with Crippen LogP contribution in [0.15, 0.2) is 28.2 Å². The van der Waals surface area contributed by atoms with Crippen LogP contribution < -0.4 is 11.0 Å². The Balaban J connectivity index is 1.59. The van der Waals surface area contributed by atoms with E-state index < -0.39 is 17.7 Å². The van der Waals surface area contributed by atoms with Crippen molar-refractivity contribution >= 4 is 17.7 Å². The van der Waals surface area contributed by atoms with E-state index in [2.05, 4.69) is 15.5 Å². The number of aromatic nitrogens is 3. The Morgan fingerprint density at radius 2 is 2.25 bits per heavy atom. The zero-order valence-electron chi connectivity index (χ0n) is 12.9. The molecule has 0 saturated heterocycles. The molecule has 1 saturated carbocycles. The minimum atomic E-state index is -0.703. The molecule has 9 heteroatoms. The van der Waals surface area contributed by atoms with Gasteiger partial charge in [0.15, 0.2) is 5.16 Å². The minimum absolute atomic E-state index is 0.0458. The third-order valence-corrected chi connectivity index (χ3v) is 4.68. The number of nitrogens with one attached hydrogen (secondary N) is 2. The van der Waals surface area contributed by atoms with Crippen LogP contribution in [-0.2, 0) is 4.79 Å². The van der Waals surface area contributed by atoms with Crippen molar-refractivity contribution in [1.29, 1.82) is 0 Å². The normalized spacial score (nSPS) is 15.3. The van der Waals surface area contributed by atoms with E-state index in [1.807, 2.05) is 0 Å². The quantitative estimate of drug-likeness (QED) is 0.779. The number of carbonyl (C=O) groups excluding carboxylic acids is 1. The molecule has 1 amide bonds. The Kier molecular flexibility index (Phi) is 4.70. The average molecular weight is 354 g/mol. The maximum atomic E-state index is 13.7. The van der Waals surface area contributed by atoms with Crippen LogP contribution in [0.25, 0.3) is 0 Å². The van der Waals surface area contributed by atoms with Crippen LogP contribution in [0.5, 0.6) is 0 Å². The highest BCUT2D eigenvalue weighted by Crippen LogP contribution is 2.35. The van der Waals surface area contributed by atoms with Crippen molar-refractivity contribution in [3.05, 3.63) is 45.9 Å². The number of H-pyrrole nitrogens is 1. The molecule has 1 aliphatic rings. The smallest absolute Gasteiger partial charge is 0.344 e. The minimum Gasteiger partial charge on any atom is -0.349 e. The van der Waals surface area contributed by atoms with Gasteiger partial charge in [-0.05, 0) is 25.8 Å². The highest BCUT2D eigenvalue weighted by molar-refractivity contribution is 7.99. The summed E-state index contributed by atoms with van der Waals surface area (Å²) in [7, 11) is 0. The van der Waals surface area contributed by atoms with E-state index >= 15 is 0 Å². The van der Waals surface area contributed by atoms with Crippen LogP contribution in [0.4, 0.5) is 8.78 Å². The molecular weight excluding hydrogens is 338 g/mol. The summed E-state index contributed by atoms with van der Waals surface area (Å²) in [6.07, 6.45) is 1.86. The summed E-state index contributed by atoms with van der Waals surface area (Å²) in [6.45, 7) is 1.62. The predicted molar refractivity (Wildman–Crippen MR) is 84.8 cm³/mol. The third-order valence-electron chi connectivity index (χ3n) is 3.72. The maximum Gasteiger partial charge on any atom is 0.344 e. The van der Waals surface area contributed by atoms with Gasteiger partial charge in [-0.2, -0.15) is 0 Å². The number of thioether (sulfide) groups is 1. The number of nitrogens with zero attached hydrogens (tertiary/aromatic N) is 2. The van der Waals surface area contributed by atoms with E-state index in [1.54, 1.807) is 11.5 Å². The van der Waals surface area contributed by atoms with E-state index in [1.165, 1.54) is 6.07 Å². The molecule has 24 heavy (non-hydrogen) atoms. The van der Waals surface area contributed by atoms with Gasteiger partial charge in [0.25, 0.3) is 0 Å². The molecule has 1 aromatic heterocycles. The summed E-state index contributed by atoms with van der Waals surface area (Å²) in [5.41, 5.74) is -0.0634. The SMILES string of the molecule is CC(NC(=O)CSc1n[nH]c(=O)n1C1CC1)c1ccc(F)cc1F. The van der Waals surface area contributed by atoms with Crippen molar-refractivity contribution in [3.8, 4) is 0 Å². The lowest BCUT2D eigenvalue weighted by Crippen LogP contribution is -2.29. The molecule has 0 spiro atoms. The molecule has 2 aromatic rings. The van der Waals surface area contributed by atoms with E-state index in [4.69, 9.17) is 0 Å². The van der Waals surface area contributed by atoms with Crippen molar-refractivity contribution < 1.29 is 13.6 Å². The Hall–Kier alpha value is -2.16. The van der Waals surface area contributed by atoms with Crippen LogP contribution in [0, 0.1) is 11.6 Å². The number of rotatable bonds is 6. The van der Waals surface area contributed by atoms with E-state index in [0.29, 0.717) is 5.16 Å². The Bertz CT molecular complexity index is 816. The first-order valence-electron chi connectivity index (χ1n) is 7.49. The summed E-state index contributed by atoms with van der Waals surface area (Å²) >= 11 is 1.14. The van der Waals surface area contributed by atoms with Gasteiger partial charge in [-0.1, -0.05) is 17.8 Å². The highest BCUT2D eigenvalue weighted by atomic mass is 32.2. The van der Waals surface area contributed by atoms with Crippen LogP contribution in [0.1, 0.15) is 37.4 Å². The van der Waals surface area contributed by atoms with Crippen LogP contribution in [-0.4, -0.2) is 26.4 Å². The molecule has 1 atom stereocenters. The molecule has 128 valence electrons. The number of halogens is 2. The lowest BCUT2D eigenvalue weighted by molar-refractivity contribution is -0.119. The van der Waals surface area contributed by atoms with Gasteiger partial charge in [0, 0.05) is 17.7 Å². The molecule has 1 fully saturated rings. The van der Waals surface area contributed by atoms with Crippen LogP contribution >= 0.6 is 11.8 Å².